The number of piperidine rings is 1. The largest absolute Gasteiger partial charge is 0.340 e. The van der Waals surface area contributed by atoms with Crippen LogP contribution in [0.25, 0.3) is 0 Å². The normalized spacial score (nSPS) is 28.4. The lowest BCUT2D eigenvalue weighted by Gasteiger charge is -2.38. The summed E-state index contributed by atoms with van der Waals surface area (Å²) in [6.45, 7) is 6.20. The van der Waals surface area contributed by atoms with Gasteiger partial charge in [0.15, 0.2) is 0 Å². The summed E-state index contributed by atoms with van der Waals surface area (Å²) in [4.78, 5) is 16.6. The number of nitrogens with zero attached hydrogens (tertiary/aromatic N) is 2. The first-order valence-corrected chi connectivity index (χ1v) is 7.00. The number of carbonyl (C=O) groups excluding carboxylic acids is 1. The van der Waals surface area contributed by atoms with E-state index in [-0.39, 0.29) is 11.9 Å². The zero-order chi connectivity index (χ0) is 12.3. The Morgan fingerprint density at radius 3 is 2.65 bits per heavy atom. The molecule has 0 aliphatic carbocycles. The molecule has 2 atom stereocenters. The number of hydrogen-bond donors (Lipinski definition) is 1. The van der Waals surface area contributed by atoms with Crippen LogP contribution in [0, 0.1) is 0 Å². The smallest absolute Gasteiger partial charge is 0.239 e. The highest BCUT2D eigenvalue weighted by Gasteiger charge is 2.30. The standard InChI is InChI=1S/C13H25N3O/c1-2-12(14)13(17)16-9-5-6-11(10-16)15-7-3-4-8-15/h11-12H,2-10,14H2,1H3/t11?,12-/m1/s1. The van der Waals surface area contributed by atoms with Crippen LogP contribution < -0.4 is 5.73 Å². The van der Waals surface area contributed by atoms with Gasteiger partial charge in [-0.2, -0.15) is 0 Å². The molecule has 0 aromatic heterocycles. The summed E-state index contributed by atoms with van der Waals surface area (Å²) in [6, 6.07) is 0.284. The second-order valence-corrected chi connectivity index (χ2v) is 5.34. The van der Waals surface area contributed by atoms with E-state index in [9.17, 15) is 4.79 Å². The van der Waals surface area contributed by atoms with Crippen LogP contribution in [0.15, 0.2) is 0 Å². The zero-order valence-electron chi connectivity index (χ0n) is 10.9. The van der Waals surface area contributed by atoms with E-state index in [1.807, 2.05) is 11.8 Å². The van der Waals surface area contributed by atoms with Gasteiger partial charge in [0.25, 0.3) is 0 Å². The van der Waals surface area contributed by atoms with Gasteiger partial charge in [-0.05, 0) is 45.2 Å². The lowest BCUT2D eigenvalue weighted by Crippen LogP contribution is -2.52. The molecule has 0 aromatic carbocycles. The van der Waals surface area contributed by atoms with Crippen LogP contribution in [0.1, 0.15) is 39.0 Å². The number of hydrogen-bond acceptors (Lipinski definition) is 3. The molecule has 17 heavy (non-hydrogen) atoms. The van der Waals surface area contributed by atoms with Crippen molar-refractivity contribution in [2.24, 2.45) is 5.73 Å². The topological polar surface area (TPSA) is 49.6 Å². The van der Waals surface area contributed by atoms with Crippen LogP contribution in [-0.2, 0) is 4.79 Å². The van der Waals surface area contributed by atoms with E-state index in [0.717, 1.165) is 25.9 Å². The first kappa shape index (κ1) is 12.8. The van der Waals surface area contributed by atoms with Gasteiger partial charge < -0.3 is 10.6 Å². The highest BCUT2D eigenvalue weighted by molar-refractivity contribution is 5.81. The summed E-state index contributed by atoms with van der Waals surface area (Å²) in [5, 5.41) is 0. The van der Waals surface area contributed by atoms with Gasteiger partial charge in [0.1, 0.15) is 0 Å². The Bertz CT molecular complexity index is 263. The van der Waals surface area contributed by atoms with Crippen molar-refractivity contribution >= 4 is 5.91 Å². The Hall–Kier alpha value is -0.610. The van der Waals surface area contributed by atoms with Crippen LogP contribution >= 0.6 is 0 Å². The molecule has 0 bridgehead atoms. The second-order valence-electron chi connectivity index (χ2n) is 5.34. The van der Waals surface area contributed by atoms with Gasteiger partial charge >= 0.3 is 0 Å². The van der Waals surface area contributed by atoms with Gasteiger partial charge in [-0.3, -0.25) is 9.69 Å². The SMILES string of the molecule is CC[C@@H](N)C(=O)N1CCCC(N2CCCC2)C1. The molecule has 2 fully saturated rings. The predicted octanol–water partition coefficient (Wildman–Crippen LogP) is 0.811. The molecular formula is C13H25N3O. The van der Waals surface area contributed by atoms with Gasteiger partial charge in [-0.15, -0.1) is 0 Å². The summed E-state index contributed by atoms with van der Waals surface area (Å²) in [5.74, 6) is 0.149. The minimum absolute atomic E-state index is 0.149. The molecule has 2 rings (SSSR count). The van der Waals surface area contributed by atoms with Crippen molar-refractivity contribution in [3.63, 3.8) is 0 Å². The van der Waals surface area contributed by atoms with Crippen molar-refractivity contribution in [2.75, 3.05) is 26.2 Å². The summed E-state index contributed by atoms with van der Waals surface area (Å²) in [5.41, 5.74) is 5.84. The molecule has 98 valence electrons. The van der Waals surface area contributed by atoms with Crippen LogP contribution in [0.5, 0.6) is 0 Å². The van der Waals surface area contributed by atoms with Gasteiger partial charge in [0.05, 0.1) is 6.04 Å². The molecule has 4 nitrogen and oxygen atoms in total. The van der Waals surface area contributed by atoms with Crippen LogP contribution in [-0.4, -0.2) is 54.0 Å². The Balaban J connectivity index is 1.89. The minimum Gasteiger partial charge on any atom is -0.340 e. The molecule has 1 amide bonds. The molecule has 2 heterocycles. The van der Waals surface area contributed by atoms with E-state index in [1.165, 1.54) is 32.4 Å². The first-order chi connectivity index (χ1) is 8.22. The number of carbonyl (C=O) groups is 1. The number of nitrogens with two attached hydrogens (primary N) is 1. The third-order valence-electron chi connectivity index (χ3n) is 4.12. The number of amides is 1. The summed E-state index contributed by atoms with van der Waals surface area (Å²) >= 11 is 0. The maximum Gasteiger partial charge on any atom is 0.239 e. The lowest BCUT2D eigenvalue weighted by atomic mass is 10.0. The Morgan fingerprint density at radius 1 is 1.29 bits per heavy atom. The van der Waals surface area contributed by atoms with Crippen LogP contribution in [0.4, 0.5) is 0 Å². The molecule has 2 saturated heterocycles. The average molecular weight is 239 g/mol. The quantitative estimate of drug-likeness (QED) is 0.793. The van der Waals surface area contributed by atoms with E-state index in [0.29, 0.717) is 6.04 Å². The van der Waals surface area contributed by atoms with Crippen molar-refractivity contribution in [3.05, 3.63) is 0 Å². The average Bonchev–Trinajstić information content (AvgIpc) is 2.91. The van der Waals surface area contributed by atoms with Crippen molar-refractivity contribution in [3.8, 4) is 0 Å². The van der Waals surface area contributed by atoms with E-state index in [2.05, 4.69) is 4.90 Å². The monoisotopic (exact) mass is 239 g/mol. The molecular weight excluding hydrogens is 214 g/mol. The second kappa shape index (κ2) is 5.83. The maximum absolute atomic E-state index is 12.1. The molecule has 2 aliphatic heterocycles. The first-order valence-electron chi connectivity index (χ1n) is 7.00. The molecule has 2 aliphatic rings. The molecule has 2 N–H and O–H groups in total. The maximum atomic E-state index is 12.1. The fraction of sp³-hybridized carbons (Fsp3) is 0.923. The number of likely N-dealkylation sites (tertiary alicyclic amines) is 2. The zero-order valence-corrected chi connectivity index (χ0v) is 10.9. The van der Waals surface area contributed by atoms with Crippen LogP contribution in [0.2, 0.25) is 0 Å². The molecule has 0 aromatic rings. The van der Waals surface area contributed by atoms with Gasteiger partial charge in [-0.1, -0.05) is 6.92 Å². The minimum atomic E-state index is -0.299. The predicted molar refractivity (Wildman–Crippen MR) is 68.7 cm³/mol. The van der Waals surface area contributed by atoms with Crippen molar-refractivity contribution < 1.29 is 4.79 Å². The lowest BCUT2D eigenvalue weighted by molar-refractivity contribution is -0.134. The molecule has 4 heteroatoms. The van der Waals surface area contributed by atoms with Crippen molar-refractivity contribution in [1.29, 1.82) is 0 Å². The van der Waals surface area contributed by atoms with Gasteiger partial charge in [0, 0.05) is 19.1 Å². The van der Waals surface area contributed by atoms with E-state index in [4.69, 9.17) is 5.73 Å². The summed E-state index contributed by atoms with van der Waals surface area (Å²) < 4.78 is 0. The Morgan fingerprint density at radius 2 is 2.00 bits per heavy atom. The molecule has 1 unspecified atom stereocenters. The van der Waals surface area contributed by atoms with Gasteiger partial charge in [-0.25, -0.2) is 0 Å². The molecule has 0 spiro atoms. The summed E-state index contributed by atoms with van der Waals surface area (Å²) in [6.07, 6.45) is 5.75. The summed E-state index contributed by atoms with van der Waals surface area (Å²) in [7, 11) is 0. The fourth-order valence-electron chi connectivity index (χ4n) is 2.97. The Labute approximate surface area is 104 Å². The van der Waals surface area contributed by atoms with Crippen molar-refractivity contribution in [1.82, 2.24) is 9.80 Å². The molecule has 0 saturated carbocycles. The third-order valence-corrected chi connectivity index (χ3v) is 4.12. The highest BCUT2D eigenvalue weighted by atomic mass is 16.2. The van der Waals surface area contributed by atoms with E-state index >= 15 is 0 Å². The fourth-order valence-corrected chi connectivity index (χ4v) is 2.97. The highest BCUT2D eigenvalue weighted by Crippen LogP contribution is 2.20. The Kier molecular flexibility index (Phi) is 4.40. The van der Waals surface area contributed by atoms with Gasteiger partial charge in [0.2, 0.25) is 5.91 Å². The van der Waals surface area contributed by atoms with E-state index < -0.39 is 0 Å². The van der Waals surface area contributed by atoms with E-state index in [1.54, 1.807) is 0 Å². The number of rotatable bonds is 3. The van der Waals surface area contributed by atoms with Crippen molar-refractivity contribution in [2.45, 2.75) is 51.1 Å². The van der Waals surface area contributed by atoms with Crippen LogP contribution in [0.3, 0.4) is 0 Å². The molecule has 0 radical (unpaired) electrons. The third kappa shape index (κ3) is 2.99.